The molecule has 7 nitrogen and oxygen atoms in total. The summed E-state index contributed by atoms with van der Waals surface area (Å²) in [7, 11) is 0. The van der Waals surface area contributed by atoms with Crippen LogP contribution in [0.1, 0.15) is 94.1 Å². The summed E-state index contributed by atoms with van der Waals surface area (Å²) in [5.74, 6) is -1.34. The second-order valence-corrected chi connectivity index (χ2v) is 11.3. The zero-order chi connectivity index (χ0) is 25.2. The van der Waals surface area contributed by atoms with Crippen molar-refractivity contribution in [1.29, 1.82) is 0 Å². The number of rotatable bonds is 7. The molecule has 0 amide bonds. The second-order valence-electron chi connectivity index (χ2n) is 10.1. The number of nitrogens with one attached hydrogen (secondary N) is 1. The van der Waals surface area contributed by atoms with Crippen molar-refractivity contribution in [3.63, 3.8) is 0 Å². The van der Waals surface area contributed by atoms with E-state index in [2.05, 4.69) is 26.2 Å². The Morgan fingerprint density at radius 1 is 1.18 bits per heavy atom. The van der Waals surface area contributed by atoms with Crippen molar-refractivity contribution in [3.8, 4) is 0 Å². The molecule has 9 heteroatoms. The van der Waals surface area contributed by atoms with E-state index < -0.39 is 17.6 Å². The fraction of sp³-hybridized carbons (Fsp3) is 0.560. The topological polar surface area (TPSA) is 93.5 Å². The van der Waals surface area contributed by atoms with Crippen LogP contribution < -0.4 is 5.32 Å². The van der Waals surface area contributed by atoms with Crippen molar-refractivity contribution >= 4 is 39.5 Å². The highest BCUT2D eigenvalue weighted by Gasteiger charge is 2.34. The summed E-state index contributed by atoms with van der Waals surface area (Å²) in [6.45, 7) is 9.62. The molecule has 1 atom stereocenters. The van der Waals surface area contributed by atoms with E-state index in [0.717, 1.165) is 31.2 Å². The predicted molar refractivity (Wildman–Crippen MR) is 135 cm³/mol. The molecule has 186 valence electrons. The molecule has 2 aromatic rings. The van der Waals surface area contributed by atoms with Crippen molar-refractivity contribution in [2.75, 3.05) is 0 Å². The third-order valence-electron chi connectivity index (χ3n) is 5.97. The van der Waals surface area contributed by atoms with Gasteiger partial charge in [-0.3, -0.25) is 4.79 Å². The SMILES string of the molecule is CC(C)n1c(Br)nc(C(=O)O)c1C(N[C@H]1CC[C@H](C(=O)OC(C)(C)C)CC1)c1ccc(Cl)cc1. The summed E-state index contributed by atoms with van der Waals surface area (Å²) in [5.41, 5.74) is 0.999. The minimum Gasteiger partial charge on any atom is -0.476 e. The molecule has 0 spiro atoms. The van der Waals surface area contributed by atoms with Crippen molar-refractivity contribution in [2.45, 2.75) is 84.0 Å². The van der Waals surface area contributed by atoms with Gasteiger partial charge in [-0.1, -0.05) is 23.7 Å². The van der Waals surface area contributed by atoms with Crippen LogP contribution in [0.4, 0.5) is 0 Å². The van der Waals surface area contributed by atoms with E-state index in [9.17, 15) is 14.7 Å². The third kappa shape index (κ3) is 6.40. The molecule has 0 bridgehead atoms. The minimum absolute atomic E-state index is 0.00969. The number of aromatic nitrogens is 2. The number of halogens is 2. The summed E-state index contributed by atoms with van der Waals surface area (Å²) in [4.78, 5) is 29.0. The van der Waals surface area contributed by atoms with Crippen LogP contribution in [0.3, 0.4) is 0 Å². The number of carboxylic acids is 1. The van der Waals surface area contributed by atoms with Crippen molar-refractivity contribution < 1.29 is 19.4 Å². The van der Waals surface area contributed by atoms with Gasteiger partial charge in [-0.15, -0.1) is 0 Å². The number of carbonyl (C=O) groups excluding carboxylic acids is 1. The molecule has 34 heavy (non-hydrogen) atoms. The number of hydrogen-bond acceptors (Lipinski definition) is 5. The van der Waals surface area contributed by atoms with E-state index in [1.54, 1.807) is 12.1 Å². The molecular formula is C25H33BrClN3O4. The van der Waals surface area contributed by atoms with Gasteiger partial charge in [-0.05, 0) is 93.9 Å². The lowest BCUT2D eigenvalue weighted by atomic mass is 9.85. The molecule has 3 rings (SSSR count). The number of nitrogens with zero attached hydrogens (tertiary/aromatic N) is 2. The van der Waals surface area contributed by atoms with Crippen LogP contribution >= 0.6 is 27.5 Å². The predicted octanol–water partition coefficient (Wildman–Crippen LogP) is 6.16. The molecule has 1 aliphatic rings. The molecule has 1 aromatic carbocycles. The minimum atomic E-state index is -1.08. The Hall–Kier alpha value is -1.90. The summed E-state index contributed by atoms with van der Waals surface area (Å²) in [6, 6.07) is 7.10. The van der Waals surface area contributed by atoms with Gasteiger partial charge in [0.05, 0.1) is 17.7 Å². The van der Waals surface area contributed by atoms with E-state index in [-0.39, 0.29) is 29.7 Å². The van der Waals surface area contributed by atoms with Crippen LogP contribution in [0.2, 0.25) is 5.02 Å². The maximum Gasteiger partial charge on any atom is 0.356 e. The lowest BCUT2D eigenvalue weighted by molar-refractivity contribution is -0.161. The number of carboxylic acid groups (broad SMARTS) is 1. The quantitative estimate of drug-likeness (QED) is 0.398. The smallest absolute Gasteiger partial charge is 0.356 e. The average molecular weight is 555 g/mol. The van der Waals surface area contributed by atoms with Gasteiger partial charge in [0.2, 0.25) is 0 Å². The van der Waals surface area contributed by atoms with Gasteiger partial charge in [0.25, 0.3) is 0 Å². The Morgan fingerprint density at radius 2 is 1.76 bits per heavy atom. The van der Waals surface area contributed by atoms with Gasteiger partial charge in [0.15, 0.2) is 10.4 Å². The van der Waals surface area contributed by atoms with Crippen molar-refractivity contribution in [1.82, 2.24) is 14.9 Å². The van der Waals surface area contributed by atoms with Crippen molar-refractivity contribution in [2.24, 2.45) is 5.92 Å². The number of esters is 1. The molecular weight excluding hydrogens is 522 g/mol. The molecule has 1 unspecified atom stereocenters. The van der Waals surface area contributed by atoms with E-state index in [1.165, 1.54) is 0 Å². The Labute approximate surface area is 214 Å². The Bertz CT molecular complexity index is 1020. The average Bonchev–Trinajstić information content (AvgIpc) is 3.09. The normalized spacial score (nSPS) is 19.8. The van der Waals surface area contributed by atoms with Gasteiger partial charge >= 0.3 is 11.9 Å². The van der Waals surface area contributed by atoms with E-state index in [0.29, 0.717) is 15.5 Å². The second kappa shape index (κ2) is 10.8. The van der Waals surface area contributed by atoms with Crippen LogP contribution in [0, 0.1) is 5.92 Å². The number of imidazole rings is 1. The number of aromatic carboxylic acids is 1. The van der Waals surface area contributed by atoms with Crippen LogP contribution in [0.5, 0.6) is 0 Å². The van der Waals surface area contributed by atoms with Crippen LogP contribution in [-0.2, 0) is 9.53 Å². The maximum absolute atomic E-state index is 12.5. The molecule has 1 heterocycles. The fourth-order valence-electron chi connectivity index (χ4n) is 4.45. The van der Waals surface area contributed by atoms with Crippen LogP contribution in [0.15, 0.2) is 29.0 Å². The molecule has 1 saturated carbocycles. The summed E-state index contributed by atoms with van der Waals surface area (Å²) < 4.78 is 7.96. The summed E-state index contributed by atoms with van der Waals surface area (Å²) in [6.07, 6.45) is 3.01. The third-order valence-corrected chi connectivity index (χ3v) is 6.78. The van der Waals surface area contributed by atoms with Crippen LogP contribution in [0.25, 0.3) is 0 Å². The summed E-state index contributed by atoms with van der Waals surface area (Å²) in [5, 5.41) is 14.2. The van der Waals surface area contributed by atoms with Gasteiger partial charge < -0.3 is 19.7 Å². The van der Waals surface area contributed by atoms with Gasteiger partial charge in [-0.25, -0.2) is 9.78 Å². The highest BCUT2D eigenvalue weighted by molar-refractivity contribution is 9.10. The molecule has 0 aliphatic heterocycles. The standard InChI is InChI=1S/C25H33BrClN3O4/c1-14(2)30-21(20(22(31)32)29-24(30)26)19(15-6-10-17(27)11-7-15)28-18-12-8-16(9-13-18)23(33)34-25(3,4)5/h6-7,10-11,14,16,18-19,28H,8-9,12-13H2,1-5H3,(H,31,32)/t16-,18-,19?. The van der Waals surface area contributed by atoms with Gasteiger partial charge in [0, 0.05) is 17.1 Å². The first-order chi connectivity index (χ1) is 15.9. The first kappa shape index (κ1) is 26.7. The number of hydrogen-bond donors (Lipinski definition) is 2. The Balaban J connectivity index is 1.90. The highest BCUT2D eigenvalue weighted by atomic mass is 79.9. The number of carbonyl (C=O) groups is 2. The molecule has 0 radical (unpaired) electrons. The molecule has 0 saturated heterocycles. The van der Waals surface area contributed by atoms with E-state index >= 15 is 0 Å². The largest absolute Gasteiger partial charge is 0.476 e. The highest BCUT2D eigenvalue weighted by Crippen LogP contribution is 2.35. The van der Waals surface area contributed by atoms with Gasteiger partial charge in [-0.2, -0.15) is 0 Å². The molecule has 1 aromatic heterocycles. The van der Waals surface area contributed by atoms with E-state index in [1.807, 2.05) is 51.3 Å². The zero-order valence-electron chi connectivity index (χ0n) is 20.3. The number of benzene rings is 1. The lowest BCUT2D eigenvalue weighted by Gasteiger charge is -2.33. The molecule has 2 N–H and O–H groups in total. The summed E-state index contributed by atoms with van der Waals surface area (Å²) >= 11 is 9.58. The fourth-order valence-corrected chi connectivity index (χ4v) is 5.35. The molecule has 1 fully saturated rings. The molecule has 1 aliphatic carbocycles. The van der Waals surface area contributed by atoms with Crippen molar-refractivity contribution in [3.05, 3.63) is 51.0 Å². The van der Waals surface area contributed by atoms with Gasteiger partial charge in [0.1, 0.15) is 5.60 Å². The first-order valence-electron chi connectivity index (χ1n) is 11.6. The van der Waals surface area contributed by atoms with Crippen LogP contribution in [-0.4, -0.2) is 38.2 Å². The van der Waals surface area contributed by atoms with E-state index in [4.69, 9.17) is 16.3 Å². The number of ether oxygens (including phenoxy) is 1. The zero-order valence-corrected chi connectivity index (χ0v) is 22.6. The monoisotopic (exact) mass is 553 g/mol. The Morgan fingerprint density at radius 3 is 2.26 bits per heavy atom. The first-order valence-corrected chi connectivity index (χ1v) is 12.8. The maximum atomic E-state index is 12.5. The lowest BCUT2D eigenvalue weighted by Crippen LogP contribution is -2.40. The Kier molecular flexibility index (Phi) is 8.47.